The van der Waals surface area contributed by atoms with Crippen molar-refractivity contribution in [1.82, 2.24) is 0 Å². The minimum absolute atomic E-state index is 0. The van der Waals surface area contributed by atoms with E-state index in [-0.39, 0.29) is 16.5 Å². The summed E-state index contributed by atoms with van der Waals surface area (Å²) in [5, 5.41) is 0. The van der Waals surface area contributed by atoms with E-state index < -0.39 is 0 Å². The van der Waals surface area contributed by atoms with Crippen LogP contribution in [0.5, 0.6) is 0 Å². The molecule has 0 saturated carbocycles. The molecule has 0 atom stereocenters. The quantitative estimate of drug-likeness (QED) is 0.156. The molecule has 0 aliphatic rings. The molecule has 0 aliphatic carbocycles. The summed E-state index contributed by atoms with van der Waals surface area (Å²) in [6.07, 6.45) is 13.5. The molecule has 0 aliphatic heterocycles. The Morgan fingerprint density at radius 3 is 1.40 bits per heavy atom. The monoisotopic (exact) mass is 448 g/mol. The molecule has 0 heterocycles. The molecule has 0 bridgehead atoms. The van der Waals surface area contributed by atoms with Crippen LogP contribution in [0.3, 0.4) is 0 Å². The summed E-state index contributed by atoms with van der Waals surface area (Å²) in [5.41, 5.74) is 4.39. The van der Waals surface area contributed by atoms with Gasteiger partial charge in [-0.2, -0.15) is 0 Å². The van der Waals surface area contributed by atoms with Crippen molar-refractivity contribution in [3.63, 3.8) is 0 Å². The first-order valence-corrected chi connectivity index (χ1v) is 11.6. The van der Waals surface area contributed by atoms with Crippen LogP contribution >= 0.6 is 0 Å². The van der Waals surface area contributed by atoms with Gasteiger partial charge in [0.2, 0.25) is 0 Å². The Labute approximate surface area is 194 Å². The molecule has 3 heteroatoms. The van der Waals surface area contributed by atoms with Gasteiger partial charge in [0.15, 0.2) is 0 Å². The molecular weight excluding hydrogens is 411 g/mol. The Morgan fingerprint density at radius 1 is 0.533 bits per heavy atom. The van der Waals surface area contributed by atoms with Crippen molar-refractivity contribution in [1.29, 1.82) is 0 Å². The van der Waals surface area contributed by atoms with Crippen molar-refractivity contribution in [2.75, 3.05) is 0 Å². The van der Waals surface area contributed by atoms with Gasteiger partial charge in [-0.1, -0.05) is 95.2 Å². The Kier molecular flexibility index (Phi) is 14.9. The van der Waals surface area contributed by atoms with Crippen molar-refractivity contribution in [2.24, 2.45) is 9.98 Å². The predicted molar refractivity (Wildman–Crippen MR) is 129 cm³/mol. The fraction of sp³-hybridized carbons (Fsp3) is 0.481. The first-order chi connectivity index (χ1) is 14.3. The molecule has 0 unspecified atom stereocenters. The summed E-state index contributed by atoms with van der Waals surface area (Å²) in [6, 6.07) is 20.7. The summed E-state index contributed by atoms with van der Waals surface area (Å²) in [7, 11) is 0. The van der Waals surface area contributed by atoms with Crippen LogP contribution in [0.1, 0.15) is 84.5 Å². The Hall–Kier alpha value is -1.73. The van der Waals surface area contributed by atoms with Crippen molar-refractivity contribution >= 4 is 22.8 Å². The number of hydrogen-bond acceptors (Lipinski definition) is 2. The van der Waals surface area contributed by atoms with Crippen LogP contribution in [0.15, 0.2) is 70.6 Å². The topological polar surface area (TPSA) is 24.7 Å². The molecule has 0 fully saturated rings. The number of unbranched alkanes of at least 4 members (excludes halogenated alkanes) is 7. The Bertz CT molecular complexity index is 723. The molecule has 166 valence electrons. The van der Waals surface area contributed by atoms with Gasteiger partial charge in [0.05, 0.1) is 22.8 Å². The summed E-state index contributed by atoms with van der Waals surface area (Å²) in [5.74, 6) is 0. The molecular formula is C27H38N2Ni. The Morgan fingerprint density at radius 2 is 0.933 bits per heavy atom. The predicted octanol–water partition coefficient (Wildman–Crippen LogP) is 8.86. The van der Waals surface area contributed by atoms with Crippen molar-refractivity contribution in [3.05, 3.63) is 60.7 Å². The summed E-state index contributed by atoms with van der Waals surface area (Å²) in [6.45, 7) is 4.51. The van der Waals surface area contributed by atoms with Gasteiger partial charge in [-0.05, 0) is 49.9 Å². The molecule has 0 amide bonds. The van der Waals surface area contributed by atoms with Gasteiger partial charge in [0.1, 0.15) is 0 Å². The van der Waals surface area contributed by atoms with Crippen LogP contribution in [0, 0.1) is 0 Å². The summed E-state index contributed by atoms with van der Waals surface area (Å²) in [4.78, 5) is 10.1. The minimum atomic E-state index is 0. The molecule has 0 N–H and O–H groups in total. The molecule has 2 aromatic rings. The smallest absolute Gasteiger partial charge is 0.0633 e. The third-order valence-corrected chi connectivity index (χ3v) is 5.16. The van der Waals surface area contributed by atoms with Crippen molar-refractivity contribution in [3.8, 4) is 0 Å². The third-order valence-electron chi connectivity index (χ3n) is 5.16. The van der Waals surface area contributed by atoms with E-state index in [1.807, 2.05) is 12.1 Å². The largest absolute Gasteiger partial charge is 0.252 e. The zero-order valence-corrected chi connectivity index (χ0v) is 19.7. The van der Waals surface area contributed by atoms with E-state index in [4.69, 9.17) is 9.98 Å². The number of para-hydroxylation sites is 2. The van der Waals surface area contributed by atoms with E-state index in [1.54, 1.807) is 0 Å². The van der Waals surface area contributed by atoms with Gasteiger partial charge >= 0.3 is 0 Å². The molecule has 2 aromatic carbocycles. The summed E-state index contributed by atoms with van der Waals surface area (Å²) >= 11 is 0. The standard InChI is InChI=1S/C27H38N2.Ni/c1-3-5-7-8-9-10-17-23-27(29-25-20-15-12-16-21-25)26(22-6-4-2)28-24-18-13-11-14-19-24;/h11-16,18-21H,3-10,17,22-23H2,1-2H3;/b28-26+,29-27+;. The van der Waals surface area contributed by atoms with Gasteiger partial charge < -0.3 is 0 Å². The third kappa shape index (κ3) is 10.9. The van der Waals surface area contributed by atoms with Crippen LogP contribution in [0.2, 0.25) is 0 Å². The number of aliphatic imine (C=N–C) groups is 2. The molecule has 2 rings (SSSR count). The van der Waals surface area contributed by atoms with Crippen molar-refractivity contribution < 1.29 is 16.5 Å². The Balaban J connectivity index is 0.00000450. The van der Waals surface area contributed by atoms with Gasteiger partial charge in [0.25, 0.3) is 0 Å². The average molecular weight is 449 g/mol. The maximum absolute atomic E-state index is 5.04. The first kappa shape index (κ1) is 26.3. The van der Waals surface area contributed by atoms with Crippen LogP contribution in [0.25, 0.3) is 0 Å². The van der Waals surface area contributed by atoms with Crippen LogP contribution in [0.4, 0.5) is 11.4 Å². The van der Waals surface area contributed by atoms with Crippen LogP contribution in [-0.4, -0.2) is 11.4 Å². The number of nitrogens with zero attached hydrogens (tertiary/aromatic N) is 2. The fourth-order valence-electron chi connectivity index (χ4n) is 3.44. The molecule has 0 radical (unpaired) electrons. The van der Waals surface area contributed by atoms with Gasteiger partial charge in [0, 0.05) is 16.5 Å². The van der Waals surface area contributed by atoms with E-state index in [0.717, 1.165) is 36.3 Å². The number of rotatable bonds is 14. The first-order valence-electron chi connectivity index (χ1n) is 11.6. The van der Waals surface area contributed by atoms with Crippen LogP contribution < -0.4 is 0 Å². The minimum Gasteiger partial charge on any atom is -0.252 e. The zero-order chi connectivity index (χ0) is 20.6. The fourth-order valence-corrected chi connectivity index (χ4v) is 3.44. The van der Waals surface area contributed by atoms with E-state index in [2.05, 4.69) is 62.4 Å². The SMILES string of the molecule is CCCCCCCCCC(=N\c1ccccc1)/C(CCCC)=N/c1ccccc1.[Ni]. The maximum atomic E-state index is 5.04. The van der Waals surface area contributed by atoms with Gasteiger partial charge in [-0.3, -0.25) is 9.98 Å². The van der Waals surface area contributed by atoms with E-state index in [9.17, 15) is 0 Å². The number of hydrogen-bond donors (Lipinski definition) is 0. The second-order valence-electron chi connectivity index (χ2n) is 7.76. The summed E-state index contributed by atoms with van der Waals surface area (Å²) < 4.78 is 0. The number of benzene rings is 2. The second-order valence-corrected chi connectivity index (χ2v) is 7.76. The molecule has 30 heavy (non-hydrogen) atoms. The van der Waals surface area contributed by atoms with E-state index in [0.29, 0.717) is 0 Å². The van der Waals surface area contributed by atoms with Gasteiger partial charge in [-0.15, -0.1) is 0 Å². The maximum Gasteiger partial charge on any atom is 0.0633 e. The zero-order valence-electron chi connectivity index (χ0n) is 18.8. The second kappa shape index (κ2) is 17.0. The van der Waals surface area contributed by atoms with Crippen LogP contribution in [-0.2, 0) is 16.5 Å². The van der Waals surface area contributed by atoms with Crippen molar-refractivity contribution in [2.45, 2.75) is 84.5 Å². The molecule has 0 spiro atoms. The molecule has 0 saturated heterocycles. The normalized spacial score (nSPS) is 11.9. The van der Waals surface area contributed by atoms with E-state index >= 15 is 0 Å². The molecule has 0 aromatic heterocycles. The molecule has 2 nitrogen and oxygen atoms in total. The van der Waals surface area contributed by atoms with E-state index in [1.165, 1.54) is 57.1 Å². The average Bonchev–Trinajstić information content (AvgIpc) is 2.76. The van der Waals surface area contributed by atoms with Gasteiger partial charge in [-0.25, -0.2) is 0 Å².